The van der Waals surface area contributed by atoms with Gasteiger partial charge in [0.15, 0.2) is 0 Å². The molecule has 0 saturated carbocycles. The zero-order valence-corrected chi connectivity index (χ0v) is 9.66. The number of aromatic amines is 1. The number of halogens is 1. The summed E-state index contributed by atoms with van der Waals surface area (Å²) in [6.45, 7) is 1.58. The number of carbonyl (C=O) groups is 1. The number of rotatable bonds is 2. The highest BCUT2D eigenvalue weighted by Gasteiger charge is 2.09. The molecule has 2 N–H and O–H groups in total. The first-order valence-electron chi connectivity index (χ1n) is 5.33. The number of anilines is 1. The summed E-state index contributed by atoms with van der Waals surface area (Å²) in [5.74, 6) is -0.783. The molecule has 92 valence electrons. The van der Waals surface area contributed by atoms with Crippen LogP contribution in [-0.4, -0.2) is 10.9 Å². The number of H-pyrrole nitrogens is 1. The summed E-state index contributed by atoms with van der Waals surface area (Å²) in [7, 11) is 0. The molecule has 1 heterocycles. The van der Waals surface area contributed by atoms with Crippen LogP contribution in [-0.2, 0) is 0 Å². The maximum Gasteiger partial charge on any atom is 0.257 e. The van der Waals surface area contributed by atoms with E-state index in [0.29, 0.717) is 16.8 Å². The molecule has 1 aromatic heterocycles. The van der Waals surface area contributed by atoms with E-state index in [-0.39, 0.29) is 11.4 Å². The molecule has 0 aliphatic heterocycles. The average Bonchev–Trinajstić information content (AvgIpc) is 2.36. The molecule has 0 saturated heterocycles. The minimum absolute atomic E-state index is 0.284. The van der Waals surface area contributed by atoms with Gasteiger partial charge >= 0.3 is 0 Å². The third kappa shape index (κ3) is 2.45. The van der Waals surface area contributed by atoms with Gasteiger partial charge in [0, 0.05) is 23.5 Å². The number of aromatic nitrogens is 1. The molecule has 0 radical (unpaired) electrons. The third-order valence-corrected chi connectivity index (χ3v) is 2.56. The summed E-state index contributed by atoms with van der Waals surface area (Å²) in [6.07, 6.45) is 1.31. The van der Waals surface area contributed by atoms with Crippen LogP contribution < -0.4 is 10.9 Å². The van der Waals surface area contributed by atoms with Crippen LogP contribution in [0.15, 0.2) is 41.3 Å². The van der Waals surface area contributed by atoms with E-state index >= 15 is 0 Å². The SMILES string of the molecule is Cc1c(F)cccc1NC(=O)c1ccc(=O)[nH]c1. The van der Waals surface area contributed by atoms with E-state index < -0.39 is 5.91 Å². The highest BCUT2D eigenvalue weighted by atomic mass is 19.1. The molecule has 1 amide bonds. The molecule has 0 unspecified atom stereocenters. The zero-order chi connectivity index (χ0) is 13.1. The molecule has 18 heavy (non-hydrogen) atoms. The maximum atomic E-state index is 13.3. The minimum Gasteiger partial charge on any atom is -0.328 e. The topological polar surface area (TPSA) is 62.0 Å². The number of hydrogen-bond donors (Lipinski definition) is 2. The van der Waals surface area contributed by atoms with E-state index in [4.69, 9.17) is 0 Å². The molecule has 0 aliphatic rings. The van der Waals surface area contributed by atoms with E-state index in [1.165, 1.54) is 30.5 Å². The molecule has 1 aromatic carbocycles. The third-order valence-electron chi connectivity index (χ3n) is 2.56. The Kier molecular flexibility index (Phi) is 3.23. The second kappa shape index (κ2) is 4.83. The molecule has 2 rings (SSSR count). The van der Waals surface area contributed by atoms with Gasteiger partial charge in [0.25, 0.3) is 5.91 Å². The van der Waals surface area contributed by atoms with Crippen LogP contribution in [0.1, 0.15) is 15.9 Å². The van der Waals surface area contributed by atoms with E-state index in [2.05, 4.69) is 10.3 Å². The van der Waals surface area contributed by atoms with Crippen LogP contribution in [0.2, 0.25) is 0 Å². The lowest BCUT2D eigenvalue weighted by Gasteiger charge is -2.08. The molecule has 4 nitrogen and oxygen atoms in total. The van der Waals surface area contributed by atoms with Crippen molar-refractivity contribution in [1.29, 1.82) is 0 Å². The Labute approximate surface area is 102 Å². The predicted octanol–water partition coefficient (Wildman–Crippen LogP) is 2.07. The number of pyridine rings is 1. The van der Waals surface area contributed by atoms with Crippen molar-refractivity contribution in [1.82, 2.24) is 4.98 Å². The second-order valence-corrected chi connectivity index (χ2v) is 3.81. The maximum absolute atomic E-state index is 13.3. The summed E-state index contributed by atoms with van der Waals surface area (Å²) in [5.41, 5.74) is 0.799. The zero-order valence-electron chi connectivity index (χ0n) is 9.66. The van der Waals surface area contributed by atoms with Crippen LogP contribution in [0, 0.1) is 12.7 Å². The van der Waals surface area contributed by atoms with Crippen LogP contribution in [0.5, 0.6) is 0 Å². The van der Waals surface area contributed by atoms with Crippen LogP contribution >= 0.6 is 0 Å². The monoisotopic (exact) mass is 246 g/mol. The van der Waals surface area contributed by atoms with Gasteiger partial charge in [-0.3, -0.25) is 9.59 Å². The first-order chi connectivity index (χ1) is 8.58. The highest BCUT2D eigenvalue weighted by Crippen LogP contribution is 2.17. The Balaban J connectivity index is 2.24. The Morgan fingerprint density at radius 1 is 1.28 bits per heavy atom. The van der Waals surface area contributed by atoms with Crippen molar-refractivity contribution in [2.24, 2.45) is 0 Å². The lowest BCUT2D eigenvalue weighted by molar-refractivity contribution is 0.102. The molecular formula is C13H11FN2O2. The van der Waals surface area contributed by atoms with Crippen molar-refractivity contribution in [3.63, 3.8) is 0 Å². The number of nitrogens with one attached hydrogen (secondary N) is 2. The van der Waals surface area contributed by atoms with E-state index in [9.17, 15) is 14.0 Å². The van der Waals surface area contributed by atoms with Gasteiger partial charge in [-0.1, -0.05) is 6.07 Å². The van der Waals surface area contributed by atoms with Gasteiger partial charge < -0.3 is 10.3 Å². The van der Waals surface area contributed by atoms with Gasteiger partial charge in [-0.25, -0.2) is 4.39 Å². The summed E-state index contributed by atoms with van der Waals surface area (Å²) in [5, 5.41) is 2.59. The fourth-order valence-electron chi connectivity index (χ4n) is 1.49. The number of hydrogen-bond acceptors (Lipinski definition) is 2. The van der Waals surface area contributed by atoms with E-state index in [1.807, 2.05) is 0 Å². The molecule has 2 aromatic rings. The minimum atomic E-state index is -0.403. The summed E-state index contributed by atoms with van der Waals surface area (Å²) >= 11 is 0. The van der Waals surface area contributed by atoms with Crippen LogP contribution in [0.3, 0.4) is 0 Å². The summed E-state index contributed by atoms with van der Waals surface area (Å²) < 4.78 is 13.3. The van der Waals surface area contributed by atoms with Crippen molar-refractivity contribution in [2.75, 3.05) is 5.32 Å². The van der Waals surface area contributed by atoms with Crippen molar-refractivity contribution < 1.29 is 9.18 Å². The largest absolute Gasteiger partial charge is 0.328 e. The first kappa shape index (κ1) is 12.0. The number of benzene rings is 1. The first-order valence-corrected chi connectivity index (χ1v) is 5.33. The standard InChI is InChI=1S/C13H11FN2O2/c1-8-10(14)3-2-4-11(8)16-13(18)9-5-6-12(17)15-7-9/h2-7H,1H3,(H,15,17)(H,16,18). The molecule has 0 atom stereocenters. The number of amides is 1. The van der Waals surface area contributed by atoms with Gasteiger partial charge in [-0.2, -0.15) is 0 Å². The highest BCUT2D eigenvalue weighted by molar-refractivity contribution is 6.04. The molecule has 0 bridgehead atoms. The smallest absolute Gasteiger partial charge is 0.257 e. The van der Waals surface area contributed by atoms with Crippen molar-refractivity contribution in [3.8, 4) is 0 Å². The molecule has 0 spiro atoms. The second-order valence-electron chi connectivity index (χ2n) is 3.81. The molecule has 5 heteroatoms. The predicted molar refractivity (Wildman–Crippen MR) is 66.2 cm³/mol. The fraction of sp³-hybridized carbons (Fsp3) is 0.0769. The van der Waals surface area contributed by atoms with Crippen molar-refractivity contribution in [2.45, 2.75) is 6.92 Å². The van der Waals surface area contributed by atoms with Crippen LogP contribution in [0.25, 0.3) is 0 Å². The summed E-state index contributed by atoms with van der Waals surface area (Å²) in [6, 6.07) is 7.12. The van der Waals surface area contributed by atoms with Gasteiger partial charge in [-0.15, -0.1) is 0 Å². The van der Waals surface area contributed by atoms with Gasteiger partial charge in [0.1, 0.15) is 5.82 Å². The lowest BCUT2D eigenvalue weighted by Crippen LogP contribution is -2.15. The number of carbonyl (C=O) groups excluding carboxylic acids is 1. The van der Waals surface area contributed by atoms with Gasteiger partial charge in [-0.05, 0) is 25.1 Å². The van der Waals surface area contributed by atoms with Crippen molar-refractivity contribution in [3.05, 3.63) is 63.8 Å². The van der Waals surface area contributed by atoms with Crippen molar-refractivity contribution >= 4 is 11.6 Å². The molecule has 0 aliphatic carbocycles. The summed E-state index contributed by atoms with van der Waals surface area (Å²) in [4.78, 5) is 25.1. The average molecular weight is 246 g/mol. The Morgan fingerprint density at radius 3 is 2.72 bits per heavy atom. The Morgan fingerprint density at radius 2 is 2.06 bits per heavy atom. The molecular weight excluding hydrogens is 235 g/mol. The quantitative estimate of drug-likeness (QED) is 0.852. The van der Waals surface area contributed by atoms with Gasteiger partial charge in [0.2, 0.25) is 5.56 Å². The molecule has 0 fully saturated rings. The van der Waals surface area contributed by atoms with Gasteiger partial charge in [0.05, 0.1) is 5.56 Å². The lowest BCUT2D eigenvalue weighted by atomic mass is 10.2. The normalized spacial score (nSPS) is 10.1. The van der Waals surface area contributed by atoms with Crippen LogP contribution in [0.4, 0.5) is 10.1 Å². The Bertz CT molecular complexity index is 629. The van der Waals surface area contributed by atoms with E-state index in [1.54, 1.807) is 13.0 Å². The fourth-order valence-corrected chi connectivity index (χ4v) is 1.49. The van der Waals surface area contributed by atoms with E-state index in [0.717, 1.165) is 0 Å². The Hall–Kier alpha value is -2.43.